The summed E-state index contributed by atoms with van der Waals surface area (Å²) in [6.07, 6.45) is 5.32. The molecule has 1 heterocycles. The smallest absolute Gasteiger partial charge is 0.352 e. The third-order valence-corrected chi connectivity index (χ3v) is 4.13. The van der Waals surface area contributed by atoms with Gasteiger partial charge in [0.15, 0.2) is 0 Å². The number of carbonyl (C=O) groups is 1. The predicted molar refractivity (Wildman–Crippen MR) is 112 cm³/mol. The Kier molecular flexibility index (Phi) is 7.75. The molecule has 0 saturated heterocycles. The molecule has 0 aliphatic carbocycles. The van der Waals surface area contributed by atoms with Gasteiger partial charge in [-0.2, -0.15) is 5.10 Å². The number of aromatic nitrogens is 2. The fourth-order valence-corrected chi connectivity index (χ4v) is 2.40. The first-order valence-electron chi connectivity index (χ1n) is 9.00. The van der Waals surface area contributed by atoms with Gasteiger partial charge < -0.3 is 4.74 Å². The first kappa shape index (κ1) is 21.9. The van der Waals surface area contributed by atoms with E-state index in [0.29, 0.717) is 23.7 Å². The minimum Gasteiger partial charge on any atom is -0.475 e. The molecule has 10 nitrogen and oxygen atoms in total. The largest absolute Gasteiger partial charge is 0.475 e. The Bertz CT molecular complexity index is 896. The van der Waals surface area contributed by atoms with Gasteiger partial charge in [-0.25, -0.2) is 31.5 Å². The molecule has 0 saturated carbocycles. The Morgan fingerprint density at radius 3 is 2.52 bits per heavy atom. The molecule has 2 rings (SSSR count). The number of aryl methyl sites for hydroxylation is 1. The standard InChI is InChI=1S/C19H26N8O2/c1-5-18(25-24-14(3)15-9-22-12-23-10-15)29-11-16-13(2)7-6-8-17(16)27(21)19(28)26(4)20/h6-10,12H,5,11,20-21H2,1-4H3. The average Bonchev–Trinajstić information content (AvgIpc) is 2.73. The van der Waals surface area contributed by atoms with Crippen LogP contribution in [0.15, 0.2) is 47.1 Å². The third-order valence-electron chi connectivity index (χ3n) is 4.13. The Morgan fingerprint density at radius 2 is 1.90 bits per heavy atom. The van der Waals surface area contributed by atoms with Crippen molar-refractivity contribution in [3.05, 3.63) is 53.6 Å². The van der Waals surface area contributed by atoms with Crippen molar-refractivity contribution >= 4 is 23.3 Å². The number of nitrogens with zero attached hydrogens (tertiary/aromatic N) is 6. The second kappa shape index (κ2) is 10.2. The Hall–Kier alpha value is -3.37. The molecular weight excluding hydrogens is 372 g/mol. The normalized spacial score (nSPS) is 11.9. The lowest BCUT2D eigenvalue weighted by atomic mass is 10.1. The SMILES string of the molecule is CCC(=NN=C(C)c1cncnc1)OCc1c(C)cccc1N(N)C(=O)N(C)N. The van der Waals surface area contributed by atoms with Crippen LogP contribution in [0.25, 0.3) is 0 Å². The molecule has 2 amide bonds. The summed E-state index contributed by atoms with van der Waals surface area (Å²) < 4.78 is 5.85. The molecule has 1 aromatic carbocycles. The topological polar surface area (TPSA) is 135 Å². The minimum absolute atomic E-state index is 0.174. The van der Waals surface area contributed by atoms with Gasteiger partial charge in [0, 0.05) is 37.0 Å². The third kappa shape index (κ3) is 5.80. The average molecular weight is 398 g/mol. The van der Waals surface area contributed by atoms with E-state index >= 15 is 0 Å². The fourth-order valence-electron chi connectivity index (χ4n) is 2.40. The zero-order valence-electron chi connectivity index (χ0n) is 17.0. The van der Waals surface area contributed by atoms with Crippen molar-refractivity contribution in [2.75, 3.05) is 12.1 Å². The van der Waals surface area contributed by atoms with Gasteiger partial charge in [-0.3, -0.25) is 5.01 Å². The van der Waals surface area contributed by atoms with Crippen LogP contribution in [0.3, 0.4) is 0 Å². The fraction of sp³-hybridized carbons (Fsp3) is 0.316. The monoisotopic (exact) mass is 398 g/mol. The van der Waals surface area contributed by atoms with Crippen LogP contribution in [0.2, 0.25) is 0 Å². The lowest BCUT2D eigenvalue weighted by Gasteiger charge is -2.24. The Morgan fingerprint density at radius 1 is 1.21 bits per heavy atom. The number of hydrazine groups is 2. The molecule has 0 spiro atoms. The van der Waals surface area contributed by atoms with Gasteiger partial charge in [0.05, 0.1) is 11.4 Å². The number of hydrogen-bond acceptors (Lipinski definition) is 8. The van der Waals surface area contributed by atoms with E-state index in [1.807, 2.05) is 32.9 Å². The molecule has 0 aliphatic rings. The highest BCUT2D eigenvalue weighted by molar-refractivity contribution is 5.98. The number of urea groups is 1. The van der Waals surface area contributed by atoms with Crippen LogP contribution < -0.4 is 16.7 Å². The molecule has 154 valence electrons. The van der Waals surface area contributed by atoms with E-state index in [9.17, 15) is 4.79 Å². The number of amides is 2. The first-order chi connectivity index (χ1) is 13.8. The van der Waals surface area contributed by atoms with Crippen molar-refractivity contribution in [1.29, 1.82) is 0 Å². The molecule has 0 radical (unpaired) electrons. The number of nitrogens with two attached hydrogens (primary N) is 2. The van der Waals surface area contributed by atoms with E-state index in [1.165, 1.54) is 13.4 Å². The summed E-state index contributed by atoms with van der Waals surface area (Å²) in [7, 11) is 1.42. The molecular formula is C19H26N8O2. The number of benzene rings is 1. The number of carbonyl (C=O) groups excluding carboxylic acids is 1. The second-order valence-corrected chi connectivity index (χ2v) is 6.28. The summed E-state index contributed by atoms with van der Waals surface area (Å²) in [4.78, 5) is 20.0. The summed E-state index contributed by atoms with van der Waals surface area (Å²) in [5.74, 6) is 11.9. The first-order valence-corrected chi connectivity index (χ1v) is 9.00. The molecule has 1 aromatic heterocycles. The molecule has 4 N–H and O–H groups in total. The summed E-state index contributed by atoms with van der Waals surface area (Å²) >= 11 is 0. The van der Waals surface area contributed by atoms with E-state index in [4.69, 9.17) is 16.4 Å². The van der Waals surface area contributed by atoms with Crippen LogP contribution in [-0.2, 0) is 11.3 Å². The Labute approximate surface area is 169 Å². The van der Waals surface area contributed by atoms with Gasteiger partial charge in [0.1, 0.15) is 12.9 Å². The maximum atomic E-state index is 12.1. The van der Waals surface area contributed by atoms with Crippen molar-refractivity contribution in [1.82, 2.24) is 15.0 Å². The molecule has 0 atom stereocenters. The van der Waals surface area contributed by atoms with Crippen molar-refractivity contribution < 1.29 is 9.53 Å². The minimum atomic E-state index is -0.550. The van der Waals surface area contributed by atoms with Crippen LogP contribution in [0.5, 0.6) is 0 Å². The van der Waals surface area contributed by atoms with Crippen LogP contribution >= 0.6 is 0 Å². The summed E-state index contributed by atoms with van der Waals surface area (Å²) in [6, 6.07) is 4.90. The van der Waals surface area contributed by atoms with E-state index in [0.717, 1.165) is 26.7 Å². The van der Waals surface area contributed by atoms with E-state index in [2.05, 4.69) is 20.2 Å². The zero-order valence-corrected chi connectivity index (χ0v) is 17.0. The molecule has 0 bridgehead atoms. The maximum Gasteiger partial charge on any atom is 0.352 e. The summed E-state index contributed by atoms with van der Waals surface area (Å²) in [5.41, 5.74) is 3.62. The van der Waals surface area contributed by atoms with Crippen molar-refractivity contribution in [2.45, 2.75) is 33.8 Å². The number of rotatable bonds is 6. The Balaban J connectivity index is 2.20. The van der Waals surface area contributed by atoms with E-state index in [-0.39, 0.29) is 6.61 Å². The van der Waals surface area contributed by atoms with Gasteiger partial charge in [-0.1, -0.05) is 19.1 Å². The number of anilines is 1. The lowest BCUT2D eigenvalue weighted by Crippen LogP contribution is -2.49. The molecule has 10 heteroatoms. The van der Waals surface area contributed by atoms with Crippen LogP contribution in [0, 0.1) is 6.92 Å². The van der Waals surface area contributed by atoms with E-state index < -0.39 is 6.03 Å². The zero-order chi connectivity index (χ0) is 21.4. The summed E-state index contributed by atoms with van der Waals surface area (Å²) in [6.45, 7) is 5.81. The quantitative estimate of drug-likeness (QED) is 0.252. The molecule has 29 heavy (non-hydrogen) atoms. The number of ether oxygens (including phenoxy) is 1. The highest BCUT2D eigenvalue weighted by Crippen LogP contribution is 2.23. The highest BCUT2D eigenvalue weighted by Gasteiger charge is 2.19. The van der Waals surface area contributed by atoms with Gasteiger partial charge in [0.2, 0.25) is 5.90 Å². The molecule has 0 fully saturated rings. The van der Waals surface area contributed by atoms with E-state index in [1.54, 1.807) is 18.5 Å². The predicted octanol–water partition coefficient (Wildman–Crippen LogP) is 2.14. The van der Waals surface area contributed by atoms with Crippen LogP contribution in [0.1, 0.15) is 37.0 Å². The van der Waals surface area contributed by atoms with Crippen molar-refractivity contribution in [2.24, 2.45) is 21.9 Å². The second-order valence-electron chi connectivity index (χ2n) is 6.28. The maximum absolute atomic E-state index is 12.1. The highest BCUT2D eigenvalue weighted by atomic mass is 16.5. The molecule has 0 aliphatic heterocycles. The van der Waals surface area contributed by atoms with Gasteiger partial charge in [-0.05, 0) is 25.5 Å². The summed E-state index contributed by atoms with van der Waals surface area (Å²) in [5, 5.41) is 10.3. The van der Waals surface area contributed by atoms with Crippen LogP contribution in [0.4, 0.5) is 10.5 Å². The lowest BCUT2D eigenvalue weighted by molar-refractivity contribution is 0.216. The van der Waals surface area contributed by atoms with Crippen LogP contribution in [-0.4, -0.2) is 39.7 Å². The molecule has 2 aromatic rings. The number of hydrogen-bond donors (Lipinski definition) is 2. The van der Waals surface area contributed by atoms with Crippen molar-refractivity contribution in [3.63, 3.8) is 0 Å². The van der Waals surface area contributed by atoms with Gasteiger partial charge >= 0.3 is 6.03 Å². The van der Waals surface area contributed by atoms with Gasteiger partial charge in [-0.15, -0.1) is 5.10 Å². The molecule has 0 unspecified atom stereocenters. The van der Waals surface area contributed by atoms with Crippen molar-refractivity contribution in [3.8, 4) is 0 Å². The van der Waals surface area contributed by atoms with Gasteiger partial charge in [0.25, 0.3) is 0 Å².